The first-order chi connectivity index (χ1) is 17.1. The number of amides is 2. The zero-order valence-electron chi connectivity index (χ0n) is 20.3. The van der Waals surface area contributed by atoms with E-state index in [9.17, 15) is 9.59 Å². The number of benzene rings is 2. The first kappa shape index (κ1) is 23.6. The number of hydrogen-bond donors (Lipinski definition) is 0. The summed E-state index contributed by atoms with van der Waals surface area (Å²) in [5.74, 6) is 0.574. The summed E-state index contributed by atoms with van der Waals surface area (Å²) >= 11 is 0. The number of carbonyl (C=O) groups is 2. The van der Waals surface area contributed by atoms with Crippen molar-refractivity contribution in [3.63, 3.8) is 0 Å². The van der Waals surface area contributed by atoms with E-state index in [1.165, 1.54) is 12.0 Å². The van der Waals surface area contributed by atoms with Gasteiger partial charge in [0, 0.05) is 44.3 Å². The number of rotatable bonds is 4. The van der Waals surface area contributed by atoms with E-state index in [2.05, 4.69) is 11.0 Å². The lowest BCUT2D eigenvalue weighted by atomic mass is 9.84. The number of likely N-dealkylation sites (tertiary alicyclic amines) is 1. The van der Waals surface area contributed by atoms with E-state index in [1.54, 1.807) is 0 Å². The molecule has 3 unspecified atom stereocenters. The van der Waals surface area contributed by atoms with Crippen molar-refractivity contribution in [2.75, 3.05) is 26.2 Å². The maximum absolute atomic E-state index is 13.9. The van der Waals surface area contributed by atoms with Gasteiger partial charge in [0.2, 0.25) is 5.91 Å². The lowest BCUT2D eigenvalue weighted by molar-refractivity contribution is -0.135. The fourth-order valence-corrected chi connectivity index (χ4v) is 6.21. The van der Waals surface area contributed by atoms with Gasteiger partial charge >= 0.3 is 0 Å². The third-order valence-electron chi connectivity index (χ3n) is 8.02. The van der Waals surface area contributed by atoms with Gasteiger partial charge in [0.1, 0.15) is 6.04 Å². The Morgan fingerprint density at radius 3 is 2.43 bits per heavy atom. The van der Waals surface area contributed by atoms with Crippen LogP contribution in [0.2, 0.25) is 0 Å². The van der Waals surface area contributed by atoms with E-state index in [-0.39, 0.29) is 23.9 Å². The molecule has 2 heterocycles. The standard InChI is InChI=1S/C29H34N4O2/c30-20-22-11-13-23(14-12-22)21-31-15-6-16-32(18-17-31)29(35)27-19-25-9-4-5-10-26(25)33(27)28(34)24-7-2-1-3-8-24/h1-3,7-8,11-14,25-27H,4-6,9-10,15-19,21H2. The van der Waals surface area contributed by atoms with Crippen molar-refractivity contribution in [3.8, 4) is 6.07 Å². The second-order valence-electron chi connectivity index (χ2n) is 10.2. The van der Waals surface area contributed by atoms with Gasteiger partial charge in [-0.05, 0) is 61.4 Å². The Bertz CT molecular complexity index is 1080. The monoisotopic (exact) mass is 470 g/mol. The molecule has 3 fully saturated rings. The summed E-state index contributed by atoms with van der Waals surface area (Å²) in [5, 5.41) is 9.02. The maximum Gasteiger partial charge on any atom is 0.254 e. The molecule has 2 aromatic carbocycles. The molecule has 0 bridgehead atoms. The van der Waals surface area contributed by atoms with Crippen LogP contribution in [0.25, 0.3) is 0 Å². The molecule has 0 aromatic heterocycles. The van der Waals surface area contributed by atoms with Gasteiger partial charge in [0.15, 0.2) is 0 Å². The average Bonchev–Trinajstić information content (AvgIpc) is 3.14. The molecule has 182 valence electrons. The number of carbonyl (C=O) groups excluding carboxylic acids is 2. The molecule has 3 aliphatic rings. The van der Waals surface area contributed by atoms with Crippen LogP contribution >= 0.6 is 0 Å². The summed E-state index contributed by atoms with van der Waals surface area (Å²) in [7, 11) is 0. The third kappa shape index (κ3) is 5.11. The Kier molecular flexibility index (Phi) is 7.15. The highest BCUT2D eigenvalue weighted by atomic mass is 16.2. The predicted molar refractivity (Wildman–Crippen MR) is 134 cm³/mol. The van der Waals surface area contributed by atoms with E-state index < -0.39 is 0 Å². The van der Waals surface area contributed by atoms with Crippen LogP contribution in [0.5, 0.6) is 0 Å². The van der Waals surface area contributed by atoms with Crippen LogP contribution in [0.1, 0.15) is 60.0 Å². The predicted octanol–water partition coefficient (Wildman–Crippen LogP) is 4.07. The number of hydrogen-bond acceptors (Lipinski definition) is 4. The van der Waals surface area contributed by atoms with E-state index >= 15 is 0 Å². The van der Waals surface area contributed by atoms with Crippen molar-refractivity contribution >= 4 is 11.8 Å². The molecule has 35 heavy (non-hydrogen) atoms. The molecule has 0 spiro atoms. The van der Waals surface area contributed by atoms with Crippen LogP contribution in [-0.2, 0) is 11.3 Å². The molecule has 0 radical (unpaired) electrons. The van der Waals surface area contributed by atoms with Gasteiger partial charge in [-0.3, -0.25) is 14.5 Å². The third-order valence-corrected chi connectivity index (χ3v) is 8.02. The molecular formula is C29H34N4O2. The van der Waals surface area contributed by atoms with Gasteiger partial charge in [-0.1, -0.05) is 43.2 Å². The molecule has 2 aromatic rings. The fourth-order valence-electron chi connectivity index (χ4n) is 6.21. The molecule has 6 nitrogen and oxygen atoms in total. The van der Waals surface area contributed by atoms with E-state index in [1.807, 2.05) is 64.4 Å². The van der Waals surface area contributed by atoms with E-state index in [4.69, 9.17) is 5.26 Å². The number of fused-ring (bicyclic) bond motifs is 1. The van der Waals surface area contributed by atoms with Crippen LogP contribution in [0, 0.1) is 17.2 Å². The molecule has 3 atom stereocenters. The molecule has 1 saturated carbocycles. The molecular weight excluding hydrogens is 436 g/mol. The summed E-state index contributed by atoms with van der Waals surface area (Å²) in [6.07, 6.45) is 6.18. The first-order valence-corrected chi connectivity index (χ1v) is 13.0. The van der Waals surface area contributed by atoms with Gasteiger partial charge < -0.3 is 9.80 Å². The van der Waals surface area contributed by atoms with Crippen molar-refractivity contribution in [2.45, 2.75) is 57.2 Å². The van der Waals surface area contributed by atoms with Gasteiger partial charge in [-0.25, -0.2) is 0 Å². The fraction of sp³-hybridized carbons (Fsp3) is 0.483. The van der Waals surface area contributed by atoms with Gasteiger partial charge in [-0.2, -0.15) is 5.26 Å². The zero-order chi connectivity index (χ0) is 24.2. The van der Waals surface area contributed by atoms with Crippen molar-refractivity contribution in [1.82, 2.24) is 14.7 Å². The highest BCUT2D eigenvalue weighted by molar-refractivity contribution is 5.98. The molecule has 5 rings (SSSR count). The van der Waals surface area contributed by atoms with E-state index in [0.29, 0.717) is 23.6 Å². The SMILES string of the molecule is N#Cc1ccc(CN2CCCN(C(=O)C3CC4CCCCC4N3C(=O)c3ccccc3)CC2)cc1. The summed E-state index contributed by atoms with van der Waals surface area (Å²) in [6.45, 7) is 4.00. The van der Waals surface area contributed by atoms with Gasteiger partial charge in [-0.15, -0.1) is 0 Å². The Hall–Kier alpha value is -3.17. The summed E-state index contributed by atoms with van der Waals surface area (Å²) in [6, 6.07) is 19.2. The van der Waals surface area contributed by atoms with E-state index in [0.717, 1.165) is 58.3 Å². The van der Waals surface area contributed by atoms with Crippen molar-refractivity contribution in [3.05, 3.63) is 71.3 Å². The average molecular weight is 471 g/mol. The lowest BCUT2D eigenvalue weighted by Gasteiger charge is -2.35. The largest absolute Gasteiger partial charge is 0.340 e. The molecule has 6 heteroatoms. The second kappa shape index (κ2) is 10.6. The van der Waals surface area contributed by atoms with Gasteiger partial charge in [0.25, 0.3) is 5.91 Å². The topological polar surface area (TPSA) is 67.7 Å². The van der Waals surface area contributed by atoms with Crippen LogP contribution in [-0.4, -0.2) is 64.8 Å². The number of nitrogens with zero attached hydrogens (tertiary/aromatic N) is 4. The molecule has 2 saturated heterocycles. The minimum Gasteiger partial charge on any atom is -0.340 e. The van der Waals surface area contributed by atoms with Crippen molar-refractivity contribution in [2.24, 2.45) is 5.92 Å². The minimum absolute atomic E-state index is 0.00983. The summed E-state index contributed by atoms with van der Waals surface area (Å²) in [4.78, 5) is 33.8. The zero-order valence-corrected chi connectivity index (χ0v) is 20.3. The summed E-state index contributed by atoms with van der Waals surface area (Å²) < 4.78 is 0. The molecule has 2 aliphatic heterocycles. The lowest BCUT2D eigenvalue weighted by Crippen LogP contribution is -2.51. The Morgan fingerprint density at radius 1 is 0.886 bits per heavy atom. The van der Waals surface area contributed by atoms with Crippen LogP contribution < -0.4 is 0 Å². The molecule has 2 amide bonds. The highest BCUT2D eigenvalue weighted by Crippen LogP contribution is 2.41. The Morgan fingerprint density at radius 2 is 1.66 bits per heavy atom. The Labute approximate surface area is 208 Å². The smallest absolute Gasteiger partial charge is 0.254 e. The van der Waals surface area contributed by atoms with Crippen LogP contribution in [0.15, 0.2) is 54.6 Å². The quantitative estimate of drug-likeness (QED) is 0.676. The Balaban J connectivity index is 1.28. The van der Waals surface area contributed by atoms with Crippen molar-refractivity contribution < 1.29 is 9.59 Å². The second-order valence-corrected chi connectivity index (χ2v) is 10.2. The molecule has 1 aliphatic carbocycles. The first-order valence-electron chi connectivity index (χ1n) is 13.0. The highest BCUT2D eigenvalue weighted by Gasteiger charge is 2.48. The molecule has 0 N–H and O–H groups in total. The summed E-state index contributed by atoms with van der Waals surface area (Å²) in [5.41, 5.74) is 2.54. The van der Waals surface area contributed by atoms with Crippen LogP contribution in [0.3, 0.4) is 0 Å². The van der Waals surface area contributed by atoms with Crippen LogP contribution in [0.4, 0.5) is 0 Å². The number of nitriles is 1. The van der Waals surface area contributed by atoms with Gasteiger partial charge in [0.05, 0.1) is 11.6 Å². The minimum atomic E-state index is -0.346. The maximum atomic E-state index is 13.9. The normalized spacial score (nSPS) is 24.9. The van der Waals surface area contributed by atoms with Crippen molar-refractivity contribution in [1.29, 1.82) is 5.26 Å².